The molecule has 1 aliphatic heterocycles. The Morgan fingerprint density at radius 3 is 2.57 bits per heavy atom. The maximum Gasteiger partial charge on any atom is 0.262 e. The van der Waals surface area contributed by atoms with Gasteiger partial charge in [0.25, 0.3) is 10.0 Å². The summed E-state index contributed by atoms with van der Waals surface area (Å²) in [7, 11) is -0.263. The zero-order chi connectivity index (χ0) is 20.3. The van der Waals surface area contributed by atoms with E-state index in [2.05, 4.69) is 10.3 Å². The molecule has 2 aromatic rings. The molecule has 28 heavy (non-hydrogen) atoms. The van der Waals surface area contributed by atoms with Crippen molar-refractivity contribution in [3.05, 3.63) is 41.9 Å². The number of hydrogen-bond acceptors (Lipinski definition) is 5. The third-order valence-corrected chi connectivity index (χ3v) is 6.93. The molecule has 9 heteroatoms. The standard InChI is InChI=1S/C19H26N4O4S/c1-14-21-18(13-22(14)2)28(25,26)23-10-8-15(9-11-23)19(24)20-12-16-6-4-5-7-17(16)27-3/h4-7,13,15H,8-12H2,1-3H3,(H,20,24). The van der Waals surface area contributed by atoms with Crippen LogP contribution in [0.2, 0.25) is 0 Å². The van der Waals surface area contributed by atoms with E-state index in [9.17, 15) is 13.2 Å². The van der Waals surface area contributed by atoms with Crippen molar-refractivity contribution in [1.82, 2.24) is 19.2 Å². The average Bonchev–Trinajstić information content (AvgIpc) is 3.05. The topological polar surface area (TPSA) is 93.5 Å². The molecular formula is C19H26N4O4S. The van der Waals surface area contributed by atoms with Crippen molar-refractivity contribution in [3.63, 3.8) is 0 Å². The number of rotatable bonds is 6. The van der Waals surface area contributed by atoms with Crippen molar-refractivity contribution < 1.29 is 17.9 Å². The smallest absolute Gasteiger partial charge is 0.262 e. The van der Waals surface area contributed by atoms with E-state index in [1.54, 1.807) is 25.6 Å². The second-order valence-electron chi connectivity index (χ2n) is 6.95. The van der Waals surface area contributed by atoms with Gasteiger partial charge in [0.2, 0.25) is 5.91 Å². The Morgan fingerprint density at radius 2 is 1.96 bits per heavy atom. The summed E-state index contributed by atoms with van der Waals surface area (Å²) in [6, 6.07) is 7.53. The highest BCUT2D eigenvalue weighted by atomic mass is 32.2. The molecule has 0 aliphatic carbocycles. The molecule has 1 N–H and O–H groups in total. The number of ether oxygens (including phenoxy) is 1. The van der Waals surface area contributed by atoms with Gasteiger partial charge in [-0.15, -0.1) is 0 Å². The molecule has 2 heterocycles. The van der Waals surface area contributed by atoms with E-state index in [4.69, 9.17) is 4.74 Å². The van der Waals surface area contributed by atoms with E-state index in [1.807, 2.05) is 24.3 Å². The Balaban J connectivity index is 1.56. The molecule has 0 unspecified atom stereocenters. The maximum atomic E-state index is 12.7. The number of sulfonamides is 1. The van der Waals surface area contributed by atoms with E-state index < -0.39 is 10.0 Å². The summed E-state index contributed by atoms with van der Waals surface area (Å²) >= 11 is 0. The zero-order valence-corrected chi connectivity index (χ0v) is 17.2. The van der Waals surface area contributed by atoms with Crippen LogP contribution in [-0.4, -0.2) is 48.4 Å². The molecule has 1 fully saturated rings. The predicted octanol–water partition coefficient (Wildman–Crippen LogP) is 1.45. The Morgan fingerprint density at radius 1 is 1.29 bits per heavy atom. The first-order chi connectivity index (χ1) is 13.3. The van der Waals surface area contributed by atoms with Gasteiger partial charge in [0, 0.05) is 44.4 Å². The van der Waals surface area contributed by atoms with Crippen LogP contribution in [-0.2, 0) is 28.4 Å². The van der Waals surface area contributed by atoms with Crippen LogP contribution in [0.25, 0.3) is 0 Å². The first-order valence-corrected chi connectivity index (χ1v) is 10.7. The van der Waals surface area contributed by atoms with E-state index in [0.717, 1.165) is 11.3 Å². The Bertz CT molecular complexity index is 927. The largest absolute Gasteiger partial charge is 0.496 e. The van der Waals surface area contributed by atoms with Gasteiger partial charge < -0.3 is 14.6 Å². The molecule has 1 saturated heterocycles. The lowest BCUT2D eigenvalue weighted by Gasteiger charge is -2.30. The normalized spacial score (nSPS) is 16.1. The van der Waals surface area contributed by atoms with Gasteiger partial charge >= 0.3 is 0 Å². The molecule has 152 valence electrons. The van der Waals surface area contributed by atoms with Gasteiger partial charge in [-0.05, 0) is 25.8 Å². The van der Waals surface area contributed by atoms with Crippen molar-refractivity contribution in [3.8, 4) is 5.75 Å². The Hall–Kier alpha value is -2.39. The van der Waals surface area contributed by atoms with Crippen LogP contribution in [0.5, 0.6) is 5.75 Å². The number of methoxy groups -OCH3 is 1. The van der Waals surface area contributed by atoms with Gasteiger partial charge in [0.05, 0.1) is 7.11 Å². The molecule has 3 rings (SSSR count). The molecule has 0 spiro atoms. The van der Waals surface area contributed by atoms with Crippen molar-refractivity contribution in [1.29, 1.82) is 0 Å². The lowest BCUT2D eigenvalue weighted by molar-refractivity contribution is -0.126. The molecule has 1 aromatic heterocycles. The van der Waals surface area contributed by atoms with Gasteiger partial charge in [0.1, 0.15) is 11.6 Å². The van der Waals surface area contributed by atoms with Crippen LogP contribution in [0.15, 0.2) is 35.5 Å². The van der Waals surface area contributed by atoms with Crippen LogP contribution in [0.3, 0.4) is 0 Å². The lowest BCUT2D eigenvalue weighted by Crippen LogP contribution is -2.43. The molecule has 1 aromatic carbocycles. The van der Waals surface area contributed by atoms with Crippen molar-refractivity contribution in [2.45, 2.75) is 31.3 Å². The van der Waals surface area contributed by atoms with Crippen molar-refractivity contribution in [2.75, 3.05) is 20.2 Å². The molecule has 1 amide bonds. The minimum Gasteiger partial charge on any atom is -0.496 e. The number of para-hydroxylation sites is 1. The minimum absolute atomic E-state index is 0.0587. The second-order valence-corrected chi connectivity index (χ2v) is 8.83. The van der Waals surface area contributed by atoms with Gasteiger partial charge in [-0.2, -0.15) is 4.31 Å². The fraction of sp³-hybridized carbons (Fsp3) is 0.474. The maximum absolute atomic E-state index is 12.7. The van der Waals surface area contributed by atoms with E-state index in [1.165, 1.54) is 10.5 Å². The summed E-state index contributed by atoms with van der Waals surface area (Å²) in [4.78, 5) is 16.6. The molecular weight excluding hydrogens is 380 g/mol. The summed E-state index contributed by atoms with van der Waals surface area (Å²) in [6.45, 7) is 2.77. The number of nitrogens with one attached hydrogen (secondary N) is 1. The molecule has 0 radical (unpaired) electrons. The highest BCUT2D eigenvalue weighted by molar-refractivity contribution is 7.89. The number of hydrogen-bond donors (Lipinski definition) is 1. The van der Waals surface area contributed by atoms with E-state index in [0.29, 0.717) is 38.3 Å². The average molecular weight is 407 g/mol. The quantitative estimate of drug-likeness (QED) is 0.784. The number of benzene rings is 1. The highest BCUT2D eigenvalue weighted by Crippen LogP contribution is 2.24. The number of nitrogens with zero attached hydrogens (tertiary/aromatic N) is 3. The number of aromatic nitrogens is 2. The number of imidazole rings is 1. The van der Waals surface area contributed by atoms with E-state index in [-0.39, 0.29) is 16.9 Å². The summed E-state index contributed by atoms with van der Waals surface area (Å²) in [5, 5.41) is 3.00. The lowest BCUT2D eigenvalue weighted by atomic mass is 9.97. The third-order valence-electron chi connectivity index (χ3n) is 5.16. The highest BCUT2D eigenvalue weighted by Gasteiger charge is 2.33. The second kappa shape index (κ2) is 8.32. The monoisotopic (exact) mass is 406 g/mol. The molecule has 8 nitrogen and oxygen atoms in total. The number of carbonyl (C=O) groups is 1. The summed E-state index contributed by atoms with van der Waals surface area (Å²) in [5.41, 5.74) is 0.906. The van der Waals surface area contributed by atoms with Crippen LogP contribution in [0.1, 0.15) is 24.2 Å². The predicted molar refractivity (Wildman–Crippen MR) is 104 cm³/mol. The first-order valence-electron chi connectivity index (χ1n) is 9.22. The number of piperidine rings is 1. The third kappa shape index (κ3) is 4.20. The van der Waals surface area contributed by atoms with Gasteiger partial charge in [-0.3, -0.25) is 4.79 Å². The van der Waals surface area contributed by atoms with Crippen LogP contribution < -0.4 is 10.1 Å². The Labute approximate surface area is 165 Å². The zero-order valence-electron chi connectivity index (χ0n) is 16.4. The number of aryl methyl sites for hydroxylation is 2. The van der Waals surface area contributed by atoms with Gasteiger partial charge in [-0.25, -0.2) is 13.4 Å². The van der Waals surface area contributed by atoms with Crippen LogP contribution >= 0.6 is 0 Å². The molecule has 0 atom stereocenters. The van der Waals surface area contributed by atoms with E-state index >= 15 is 0 Å². The summed E-state index contributed by atoms with van der Waals surface area (Å²) in [6.07, 6.45) is 2.50. The van der Waals surface area contributed by atoms with Gasteiger partial charge in [-0.1, -0.05) is 18.2 Å². The van der Waals surface area contributed by atoms with Gasteiger partial charge in [0.15, 0.2) is 5.03 Å². The fourth-order valence-corrected chi connectivity index (χ4v) is 4.81. The van der Waals surface area contributed by atoms with Crippen molar-refractivity contribution >= 4 is 15.9 Å². The minimum atomic E-state index is -3.62. The van der Waals surface area contributed by atoms with Crippen LogP contribution in [0.4, 0.5) is 0 Å². The van der Waals surface area contributed by atoms with Crippen molar-refractivity contribution in [2.24, 2.45) is 13.0 Å². The van der Waals surface area contributed by atoms with Crippen LogP contribution in [0, 0.1) is 12.8 Å². The Kier molecular flexibility index (Phi) is 6.04. The first kappa shape index (κ1) is 20.3. The fourth-order valence-electron chi connectivity index (χ4n) is 3.32. The SMILES string of the molecule is COc1ccccc1CNC(=O)C1CCN(S(=O)(=O)c2cn(C)c(C)n2)CC1. The summed E-state index contributed by atoms with van der Waals surface area (Å²) in [5.74, 6) is 1.11. The molecule has 0 saturated carbocycles. The number of amides is 1. The molecule has 1 aliphatic rings. The summed E-state index contributed by atoms with van der Waals surface area (Å²) < 4.78 is 33.9. The molecule has 0 bridgehead atoms. The number of carbonyl (C=O) groups excluding carboxylic acids is 1.